The molecule has 0 N–H and O–H groups in total. The van der Waals surface area contributed by atoms with Gasteiger partial charge in [-0.25, -0.2) is 0 Å². The summed E-state index contributed by atoms with van der Waals surface area (Å²) in [6, 6.07) is 13.0. The number of nitrogens with zero attached hydrogens (tertiary/aromatic N) is 1. The third kappa shape index (κ3) is 6.00. The van der Waals surface area contributed by atoms with Crippen LogP contribution in [0.3, 0.4) is 0 Å². The molecule has 0 saturated carbocycles. The van der Waals surface area contributed by atoms with Gasteiger partial charge in [-0.1, -0.05) is 51.6 Å². The molecule has 0 bridgehead atoms. The van der Waals surface area contributed by atoms with Crippen LogP contribution >= 0.6 is 27.3 Å². The van der Waals surface area contributed by atoms with Crippen molar-refractivity contribution >= 4 is 38.5 Å². The Hall–Kier alpha value is -1.32. The van der Waals surface area contributed by atoms with Gasteiger partial charge in [0.1, 0.15) is 0 Å². The molecule has 0 aliphatic heterocycles. The summed E-state index contributed by atoms with van der Waals surface area (Å²) in [7, 11) is 2.13. The number of hydrogen-bond donors (Lipinski definition) is 0. The lowest BCUT2D eigenvalue weighted by atomic mass is 10.0. The van der Waals surface area contributed by atoms with Crippen molar-refractivity contribution in [2.24, 2.45) is 0 Å². The van der Waals surface area contributed by atoms with Crippen LogP contribution in [0.15, 0.2) is 58.9 Å². The van der Waals surface area contributed by atoms with Crippen molar-refractivity contribution in [3.63, 3.8) is 0 Å². The fourth-order valence-electron chi connectivity index (χ4n) is 2.27. The summed E-state index contributed by atoms with van der Waals surface area (Å²) in [5.41, 5.74) is 3.83. The maximum atomic E-state index is 3.80. The number of benzene rings is 1. The predicted molar refractivity (Wildman–Crippen MR) is 110 cm³/mol. The van der Waals surface area contributed by atoms with Crippen molar-refractivity contribution in [3.05, 3.63) is 69.4 Å². The molecule has 0 saturated heterocycles. The van der Waals surface area contributed by atoms with Crippen LogP contribution in [0.1, 0.15) is 37.6 Å². The largest absolute Gasteiger partial charge is 0.369 e. The Labute approximate surface area is 153 Å². The summed E-state index contributed by atoms with van der Waals surface area (Å²) in [6.07, 6.45) is 4.96. The average Bonchev–Trinajstić information content (AvgIpc) is 2.99. The first-order valence-corrected chi connectivity index (χ1v) is 9.62. The Balaban J connectivity index is 0.00000127. The molecule has 0 unspecified atom stereocenters. The van der Waals surface area contributed by atoms with Gasteiger partial charge < -0.3 is 4.90 Å². The van der Waals surface area contributed by atoms with Crippen LogP contribution < -0.4 is 4.90 Å². The minimum atomic E-state index is 0.923. The Kier molecular flexibility index (Phi) is 8.97. The summed E-state index contributed by atoms with van der Waals surface area (Å²) in [5.74, 6) is 0. The molecular weight excluding hydrogens is 366 g/mol. The quantitative estimate of drug-likeness (QED) is 0.472. The van der Waals surface area contributed by atoms with E-state index in [0.29, 0.717) is 0 Å². The van der Waals surface area contributed by atoms with E-state index in [1.165, 1.54) is 25.5 Å². The van der Waals surface area contributed by atoms with Gasteiger partial charge in [-0.2, -0.15) is 0 Å². The van der Waals surface area contributed by atoms with E-state index in [1.807, 2.05) is 19.9 Å². The molecule has 2 aromatic rings. The van der Waals surface area contributed by atoms with Crippen LogP contribution in [0.5, 0.6) is 0 Å². The van der Waals surface area contributed by atoms with Crippen molar-refractivity contribution < 1.29 is 0 Å². The lowest BCUT2D eigenvalue weighted by Crippen LogP contribution is -2.15. The van der Waals surface area contributed by atoms with Crippen molar-refractivity contribution in [1.82, 2.24) is 0 Å². The number of anilines is 1. The van der Waals surface area contributed by atoms with Crippen LogP contribution in [0.2, 0.25) is 0 Å². The molecule has 124 valence electrons. The van der Waals surface area contributed by atoms with Gasteiger partial charge in [0.05, 0.1) is 10.3 Å². The van der Waals surface area contributed by atoms with E-state index >= 15 is 0 Å². The molecule has 3 heteroatoms. The second kappa shape index (κ2) is 10.5. The molecule has 0 spiro atoms. The molecule has 23 heavy (non-hydrogen) atoms. The highest BCUT2D eigenvalue weighted by Gasteiger charge is 2.06. The molecule has 0 atom stereocenters. The molecule has 2 rings (SSSR count). The molecule has 1 aromatic carbocycles. The van der Waals surface area contributed by atoms with Gasteiger partial charge >= 0.3 is 0 Å². The monoisotopic (exact) mass is 391 g/mol. The maximum absolute atomic E-state index is 3.80. The van der Waals surface area contributed by atoms with Gasteiger partial charge in [-0.05, 0) is 57.8 Å². The third-order valence-corrected chi connectivity index (χ3v) is 4.99. The minimum absolute atomic E-state index is 0.923. The molecule has 0 aliphatic carbocycles. The van der Waals surface area contributed by atoms with Crippen LogP contribution in [0.4, 0.5) is 5.69 Å². The summed E-state index contributed by atoms with van der Waals surface area (Å²) >= 11 is 5.30. The normalized spacial score (nSPS) is 10.7. The fourth-order valence-corrected chi connectivity index (χ4v) is 3.80. The number of allylic oxidation sites excluding steroid dienone is 3. The highest BCUT2D eigenvalue weighted by molar-refractivity contribution is 9.11. The first-order valence-electron chi connectivity index (χ1n) is 8.01. The molecule has 1 nitrogen and oxygen atoms in total. The van der Waals surface area contributed by atoms with Crippen molar-refractivity contribution in [3.8, 4) is 0 Å². The van der Waals surface area contributed by atoms with E-state index < -0.39 is 0 Å². The smallest absolute Gasteiger partial charge is 0.0702 e. The highest BCUT2D eigenvalue weighted by Crippen LogP contribution is 2.27. The van der Waals surface area contributed by atoms with Gasteiger partial charge in [0, 0.05) is 17.6 Å². The maximum Gasteiger partial charge on any atom is 0.0702 e. The SMILES string of the molecule is C=C/C=C(\CC)c1cccc(N(C)Cc2ccc(Br)s2)c1.CC. The topological polar surface area (TPSA) is 3.24 Å². The van der Waals surface area contributed by atoms with Crippen LogP contribution in [-0.4, -0.2) is 7.05 Å². The van der Waals surface area contributed by atoms with Crippen molar-refractivity contribution in [1.29, 1.82) is 0 Å². The number of rotatable bonds is 6. The standard InChI is InChI=1S/C18H20BrNS.C2H6/c1-4-7-14(5-2)15-8-6-9-16(12-15)20(3)13-17-10-11-18(19)21-17;1-2/h4,6-12H,1,5,13H2,2-3H3;1-2H3/b14-7+;. The van der Waals surface area contributed by atoms with Crippen molar-refractivity contribution in [2.75, 3.05) is 11.9 Å². The van der Waals surface area contributed by atoms with Crippen molar-refractivity contribution in [2.45, 2.75) is 33.7 Å². The summed E-state index contributed by atoms with van der Waals surface area (Å²) in [5, 5.41) is 0. The average molecular weight is 392 g/mol. The molecule has 0 aliphatic rings. The Bertz CT molecular complexity index is 643. The molecule has 0 radical (unpaired) electrons. The molecule has 1 aromatic heterocycles. The molecule has 1 heterocycles. The van der Waals surface area contributed by atoms with E-state index in [1.54, 1.807) is 11.3 Å². The van der Waals surface area contributed by atoms with E-state index in [4.69, 9.17) is 0 Å². The van der Waals surface area contributed by atoms with E-state index in [0.717, 1.165) is 13.0 Å². The first kappa shape index (κ1) is 19.7. The van der Waals surface area contributed by atoms with Crippen LogP contribution in [0.25, 0.3) is 5.57 Å². The van der Waals surface area contributed by atoms with E-state index in [9.17, 15) is 0 Å². The second-order valence-corrected chi connectivity index (χ2v) is 7.44. The lowest BCUT2D eigenvalue weighted by molar-refractivity contribution is 0.940. The van der Waals surface area contributed by atoms with Gasteiger partial charge in [0.15, 0.2) is 0 Å². The Morgan fingerprint density at radius 2 is 2.00 bits per heavy atom. The fraction of sp³-hybridized carbons (Fsp3) is 0.300. The zero-order chi connectivity index (χ0) is 17.2. The van der Waals surface area contributed by atoms with E-state index in [-0.39, 0.29) is 0 Å². The molecule has 0 fully saturated rings. The zero-order valence-corrected chi connectivity index (χ0v) is 16.9. The highest BCUT2D eigenvalue weighted by atomic mass is 79.9. The van der Waals surface area contributed by atoms with Gasteiger partial charge in [-0.15, -0.1) is 11.3 Å². The zero-order valence-electron chi connectivity index (χ0n) is 14.5. The third-order valence-electron chi connectivity index (χ3n) is 3.38. The summed E-state index contributed by atoms with van der Waals surface area (Å²) in [6.45, 7) is 10.9. The summed E-state index contributed by atoms with van der Waals surface area (Å²) < 4.78 is 1.18. The first-order chi connectivity index (χ1) is 11.1. The molecular formula is C20H26BrNS. The number of halogens is 1. The van der Waals surface area contributed by atoms with Crippen LogP contribution in [-0.2, 0) is 6.54 Å². The number of hydrogen-bond acceptors (Lipinski definition) is 2. The molecule has 0 amide bonds. The Morgan fingerprint density at radius 3 is 2.57 bits per heavy atom. The van der Waals surface area contributed by atoms with E-state index in [2.05, 4.69) is 83.9 Å². The minimum Gasteiger partial charge on any atom is -0.369 e. The van der Waals surface area contributed by atoms with Gasteiger partial charge in [-0.3, -0.25) is 0 Å². The predicted octanol–water partition coefficient (Wildman–Crippen LogP) is 7.15. The van der Waals surface area contributed by atoms with Gasteiger partial charge in [0.2, 0.25) is 0 Å². The Morgan fingerprint density at radius 1 is 1.26 bits per heavy atom. The second-order valence-electron chi connectivity index (χ2n) is 4.89. The number of thiophene rings is 1. The summed E-state index contributed by atoms with van der Waals surface area (Å²) in [4.78, 5) is 3.63. The van der Waals surface area contributed by atoms with Crippen LogP contribution in [0, 0.1) is 0 Å². The van der Waals surface area contributed by atoms with Gasteiger partial charge in [0.25, 0.3) is 0 Å². The lowest BCUT2D eigenvalue weighted by Gasteiger charge is -2.19.